The third-order valence-corrected chi connectivity index (χ3v) is 2.74. The molecule has 0 spiro atoms. The Hall–Kier alpha value is -2.57. The number of methoxy groups -OCH3 is 1. The molecule has 0 heterocycles. The first-order chi connectivity index (χ1) is 10.7. The molecule has 1 N–H and O–H groups in total. The molecule has 116 valence electrons. The highest BCUT2D eigenvalue weighted by Crippen LogP contribution is 2.18. The van der Waals surface area contributed by atoms with Crippen LogP contribution in [0.25, 0.3) is 0 Å². The van der Waals surface area contributed by atoms with E-state index in [4.69, 9.17) is 24.4 Å². The topological polar surface area (TPSA) is 74.2 Å². The minimum absolute atomic E-state index is 0.0143. The van der Waals surface area contributed by atoms with Crippen LogP contribution in [0.2, 0.25) is 0 Å². The van der Waals surface area contributed by atoms with Crippen molar-refractivity contribution in [3.63, 3.8) is 0 Å². The summed E-state index contributed by atoms with van der Waals surface area (Å²) in [7, 11) is 1.47. The first kappa shape index (κ1) is 15.8. The van der Waals surface area contributed by atoms with Crippen molar-refractivity contribution in [1.29, 1.82) is 0 Å². The third kappa shape index (κ3) is 4.47. The summed E-state index contributed by atoms with van der Waals surface area (Å²) in [6.07, 6.45) is -0.681. The number of rotatable bonds is 8. The second-order valence-electron chi connectivity index (χ2n) is 4.27. The molecule has 6 nitrogen and oxygen atoms in total. The molecule has 2 aromatic carbocycles. The van der Waals surface area contributed by atoms with Gasteiger partial charge in [0, 0.05) is 7.11 Å². The summed E-state index contributed by atoms with van der Waals surface area (Å²) < 4.78 is 10.7. The normalized spacial score (nSPS) is 11.7. The van der Waals surface area contributed by atoms with Crippen molar-refractivity contribution in [2.24, 2.45) is 0 Å². The molecule has 1 atom stereocenters. The quantitative estimate of drug-likeness (QED) is 0.459. The lowest BCUT2D eigenvalue weighted by molar-refractivity contribution is -0.249. The fourth-order valence-electron chi connectivity index (χ4n) is 1.67. The second kappa shape index (κ2) is 8.02. The van der Waals surface area contributed by atoms with E-state index in [1.807, 2.05) is 18.2 Å². The minimum Gasteiger partial charge on any atom is -0.478 e. The zero-order valence-electron chi connectivity index (χ0n) is 12.0. The van der Waals surface area contributed by atoms with E-state index in [-0.39, 0.29) is 17.9 Å². The first-order valence-electron chi connectivity index (χ1n) is 6.57. The third-order valence-electron chi connectivity index (χ3n) is 2.74. The summed E-state index contributed by atoms with van der Waals surface area (Å²) in [4.78, 5) is 21.1. The van der Waals surface area contributed by atoms with Crippen LogP contribution in [0.1, 0.15) is 10.4 Å². The van der Waals surface area contributed by atoms with E-state index in [9.17, 15) is 4.79 Å². The maximum Gasteiger partial charge on any atom is 0.339 e. The molecular weight excluding hydrogens is 288 g/mol. The van der Waals surface area contributed by atoms with Gasteiger partial charge in [-0.05, 0) is 24.3 Å². The lowest BCUT2D eigenvalue weighted by atomic mass is 10.2. The smallest absolute Gasteiger partial charge is 0.339 e. The molecule has 0 aromatic heterocycles. The Morgan fingerprint density at radius 1 is 1.09 bits per heavy atom. The average molecular weight is 304 g/mol. The van der Waals surface area contributed by atoms with Gasteiger partial charge in [0.15, 0.2) is 12.4 Å². The molecule has 0 bridgehead atoms. The van der Waals surface area contributed by atoms with Crippen LogP contribution < -0.4 is 9.62 Å². The molecule has 1 unspecified atom stereocenters. The molecule has 6 heteroatoms. The molecule has 0 saturated heterocycles. The number of benzene rings is 2. The molecular formula is C16H16O6. The van der Waals surface area contributed by atoms with Gasteiger partial charge in [0.05, 0.1) is 0 Å². The van der Waals surface area contributed by atoms with Gasteiger partial charge >= 0.3 is 5.97 Å². The van der Waals surface area contributed by atoms with E-state index in [1.54, 1.807) is 24.3 Å². The summed E-state index contributed by atoms with van der Waals surface area (Å²) in [5.74, 6) is -0.350. The van der Waals surface area contributed by atoms with Crippen LogP contribution in [0.3, 0.4) is 0 Å². The fourth-order valence-corrected chi connectivity index (χ4v) is 1.67. The number of hydrogen-bond donors (Lipinski definition) is 1. The maximum absolute atomic E-state index is 11.0. The molecule has 0 radical (unpaired) electrons. The maximum atomic E-state index is 11.0. The van der Waals surface area contributed by atoms with Crippen molar-refractivity contribution in [3.05, 3.63) is 60.2 Å². The predicted molar refractivity (Wildman–Crippen MR) is 77.8 cm³/mol. The molecule has 0 aliphatic carbocycles. The van der Waals surface area contributed by atoms with Gasteiger partial charge in [0.25, 0.3) is 0 Å². The second-order valence-corrected chi connectivity index (χ2v) is 4.27. The molecule has 2 aromatic rings. The van der Waals surface area contributed by atoms with Gasteiger partial charge in [0.1, 0.15) is 11.3 Å². The van der Waals surface area contributed by atoms with E-state index < -0.39 is 12.3 Å². The largest absolute Gasteiger partial charge is 0.478 e. The highest BCUT2D eigenvalue weighted by Gasteiger charge is 2.14. The van der Waals surface area contributed by atoms with Crippen LogP contribution in [-0.2, 0) is 9.62 Å². The number of hydrogen-bond acceptors (Lipinski definition) is 5. The standard InChI is InChI=1S/C16H16O6/c1-19-15(21-12-7-3-2-4-8-12)11-20-22-14-10-6-5-9-13(14)16(17)18/h2-10,15H,11H2,1H3,(H,17,18). The highest BCUT2D eigenvalue weighted by molar-refractivity contribution is 5.90. The van der Waals surface area contributed by atoms with Gasteiger partial charge in [-0.15, -0.1) is 0 Å². The van der Waals surface area contributed by atoms with Crippen LogP contribution in [0.15, 0.2) is 54.6 Å². The summed E-state index contributed by atoms with van der Waals surface area (Å²) >= 11 is 0. The summed E-state index contributed by atoms with van der Waals surface area (Å²) in [6.45, 7) is -0.0284. The zero-order chi connectivity index (χ0) is 15.8. The zero-order valence-corrected chi connectivity index (χ0v) is 12.0. The first-order valence-corrected chi connectivity index (χ1v) is 6.57. The highest BCUT2D eigenvalue weighted by atomic mass is 17.2. The Bertz CT molecular complexity index is 599. The van der Waals surface area contributed by atoms with Crippen LogP contribution in [0, 0.1) is 0 Å². The molecule has 0 aliphatic heterocycles. The van der Waals surface area contributed by atoms with Crippen LogP contribution in [0.4, 0.5) is 0 Å². The molecule has 22 heavy (non-hydrogen) atoms. The Morgan fingerprint density at radius 3 is 2.45 bits per heavy atom. The Kier molecular flexibility index (Phi) is 5.76. The van der Waals surface area contributed by atoms with Crippen molar-refractivity contribution < 1.29 is 29.1 Å². The van der Waals surface area contributed by atoms with E-state index in [0.29, 0.717) is 5.75 Å². The van der Waals surface area contributed by atoms with E-state index in [2.05, 4.69) is 0 Å². The predicted octanol–water partition coefficient (Wildman–Crippen LogP) is 2.75. The van der Waals surface area contributed by atoms with Crippen LogP contribution in [-0.4, -0.2) is 31.1 Å². The van der Waals surface area contributed by atoms with E-state index >= 15 is 0 Å². The number of ether oxygens (including phenoxy) is 2. The summed E-state index contributed by atoms with van der Waals surface area (Å²) in [5.41, 5.74) is 0.0143. The monoisotopic (exact) mass is 304 g/mol. The molecule has 0 amide bonds. The van der Waals surface area contributed by atoms with Crippen LogP contribution in [0.5, 0.6) is 11.5 Å². The number of carbonyl (C=O) groups is 1. The number of para-hydroxylation sites is 2. The number of aromatic carboxylic acids is 1. The van der Waals surface area contributed by atoms with Crippen molar-refractivity contribution in [2.45, 2.75) is 6.29 Å². The van der Waals surface area contributed by atoms with Crippen molar-refractivity contribution in [2.75, 3.05) is 13.7 Å². The van der Waals surface area contributed by atoms with Crippen LogP contribution >= 0.6 is 0 Å². The van der Waals surface area contributed by atoms with Gasteiger partial charge in [-0.1, -0.05) is 30.3 Å². The van der Waals surface area contributed by atoms with Crippen molar-refractivity contribution >= 4 is 5.97 Å². The molecule has 0 saturated carbocycles. The van der Waals surface area contributed by atoms with Gasteiger partial charge in [-0.3, -0.25) is 0 Å². The fraction of sp³-hybridized carbons (Fsp3) is 0.188. The van der Waals surface area contributed by atoms with E-state index in [1.165, 1.54) is 19.2 Å². The van der Waals surface area contributed by atoms with Gasteiger partial charge in [-0.2, -0.15) is 4.89 Å². The average Bonchev–Trinajstić information content (AvgIpc) is 2.55. The lowest BCUT2D eigenvalue weighted by Gasteiger charge is -2.17. The summed E-state index contributed by atoms with van der Waals surface area (Å²) in [6, 6.07) is 15.3. The van der Waals surface area contributed by atoms with Gasteiger partial charge in [0.2, 0.25) is 6.29 Å². The number of carboxylic acid groups (broad SMARTS) is 1. The molecule has 0 fully saturated rings. The van der Waals surface area contributed by atoms with Gasteiger partial charge in [-0.25, -0.2) is 4.79 Å². The Morgan fingerprint density at radius 2 is 1.77 bits per heavy atom. The van der Waals surface area contributed by atoms with E-state index in [0.717, 1.165) is 0 Å². The molecule has 0 aliphatic rings. The Labute approximate surface area is 127 Å². The van der Waals surface area contributed by atoms with Crippen molar-refractivity contribution in [3.8, 4) is 11.5 Å². The Balaban J connectivity index is 1.88. The van der Waals surface area contributed by atoms with Crippen molar-refractivity contribution in [1.82, 2.24) is 0 Å². The minimum atomic E-state index is -1.09. The number of carboxylic acids is 1. The summed E-state index contributed by atoms with van der Waals surface area (Å²) in [5, 5.41) is 9.03. The lowest BCUT2D eigenvalue weighted by Crippen LogP contribution is -2.26. The molecule has 2 rings (SSSR count). The van der Waals surface area contributed by atoms with Gasteiger partial charge < -0.3 is 19.5 Å². The SMILES string of the molecule is COC(COOc1ccccc1C(=O)O)Oc1ccccc1.